The molecule has 13 nitrogen and oxygen atoms in total. The minimum Gasteiger partial charge on any atom is -0.358 e. The zero-order valence-corrected chi connectivity index (χ0v) is 32.7. The van der Waals surface area contributed by atoms with E-state index in [9.17, 15) is 36.7 Å². The number of nitrogens with zero attached hydrogens (tertiary/aromatic N) is 4. The quantitative estimate of drug-likeness (QED) is 0.0630. The molecular formula is C38H47F4N9O4S. The van der Waals surface area contributed by atoms with Gasteiger partial charge in [0.25, 0.3) is 0 Å². The van der Waals surface area contributed by atoms with E-state index in [1.54, 1.807) is 27.0 Å². The first kappa shape index (κ1) is 42.1. The summed E-state index contributed by atoms with van der Waals surface area (Å²) < 4.78 is 58.1. The molecule has 302 valence electrons. The summed E-state index contributed by atoms with van der Waals surface area (Å²) in [6.45, 7) is 7.47. The highest BCUT2D eigenvalue weighted by Crippen LogP contribution is 2.40. The number of benzene rings is 2. The fourth-order valence-electron chi connectivity index (χ4n) is 6.87. The van der Waals surface area contributed by atoms with Crippen LogP contribution >= 0.6 is 11.8 Å². The van der Waals surface area contributed by atoms with E-state index in [-0.39, 0.29) is 54.6 Å². The Hall–Kier alpha value is -5.00. The van der Waals surface area contributed by atoms with Crippen molar-refractivity contribution in [2.24, 2.45) is 18.9 Å². The average Bonchev–Trinajstić information content (AvgIpc) is 3.75. The monoisotopic (exact) mass is 801 g/mol. The third-order valence-corrected chi connectivity index (χ3v) is 11.5. The maximum atomic E-state index is 14.7. The number of thioether (sulfide) groups is 1. The fourth-order valence-corrected chi connectivity index (χ4v) is 7.58. The van der Waals surface area contributed by atoms with Gasteiger partial charge in [-0.05, 0) is 58.4 Å². The van der Waals surface area contributed by atoms with Gasteiger partial charge in [-0.1, -0.05) is 82.6 Å². The predicted molar refractivity (Wildman–Crippen MR) is 202 cm³/mol. The summed E-state index contributed by atoms with van der Waals surface area (Å²) in [6, 6.07) is 7.41. The molecule has 18 heteroatoms. The third kappa shape index (κ3) is 9.50. The molecule has 2 aromatic heterocycles. The molecule has 2 heterocycles. The predicted octanol–water partition coefficient (Wildman–Crippen LogP) is 4.41. The van der Waals surface area contributed by atoms with Crippen molar-refractivity contribution < 1.29 is 36.7 Å². The maximum Gasteiger partial charge on any atom is 0.418 e. The van der Waals surface area contributed by atoms with Crippen LogP contribution < -0.4 is 21.3 Å². The van der Waals surface area contributed by atoms with Gasteiger partial charge in [0, 0.05) is 36.8 Å². The van der Waals surface area contributed by atoms with Crippen LogP contribution in [-0.4, -0.2) is 78.7 Å². The lowest BCUT2D eigenvalue weighted by Gasteiger charge is -2.39. The number of H-pyrrole nitrogens is 1. The zero-order valence-electron chi connectivity index (χ0n) is 31.8. The number of rotatable bonds is 16. The second-order valence-corrected chi connectivity index (χ2v) is 15.4. The number of hydrogen-bond acceptors (Lipinski definition) is 8. The number of aryl methyl sites for hydroxylation is 2. The van der Waals surface area contributed by atoms with Crippen molar-refractivity contribution in [1.82, 2.24) is 46.5 Å². The van der Waals surface area contributed by atoms with Crippen molar-refractivity contribution in [2.45, 2.75) is 95.2 Å². The average molecular weight is 802 g/mol. The van der Waals surface area contributed by atoms with E-state index >= 15 is 0 Å². The van der Waals surface area contributed by atoms with E-state index in [0.29, 0.717) is 35.0 Å². The first-order valence-corrected chi connectivity index (χ1v) is 19.5. The van der Waals surface area contributed by atoms with Crippen molar-refractivity contribution in [3.8, 4) is 0 Å². The van der Waals surface area contributed by atoms with E-state index in [4.69, 9.17) is 0 Å². The molecular weight excluding hydrogens is 755 g/mol. The Morgan fingerprint density at radius 1 is 0.982 bits per heavy atom. The van der Waals surface area contributed by atoms with Crippen molar-refractivity contribution in [3.63, 3.8) is 0 Å². The van der Waals surface area contributed by atoms with Crippen molar-refractivity contribution in [1.29, 1.82) is 0 Å². The molecule has 1 aliphatic rings. The molecule has 2 aromatic carbocycles. The molecule has 4 amide bonds. The van der Waals surface area contributed by atoms with Crippen LogP contribution in [0, 0.1) is 17.7 Å². The van der Waals surface area contributed by atoms with Crippen LogP contribution in [0.2, 0.25) is 0 Å². The smallest absolute Gasteiger partial charge is 0.358 e. The topological polar surface area (TPSA) is 176 Å². The Bertz CT molecular complexity index is 2050. The van der Waals surface area contributed by atoms with Gasteiger partial charge in [0.1, 0.15) is 23.4 Å². The number of nitrogens with one attached hydrogen (secondary N) is 5. The molecule has 5 rings (SSSR count). The molecule has 1 aliphatic carbocycles. The zero-order chi connectivity index (χ0) is 40.8. The van der Waals surface area contributed by atoms with E-state index < -0.39 is 64.7 Å². The minimum absolute atomic E-state index is 0.0284. The van der Waals surface area contributed by atoms with Gasteiger partial charge >= 0.3 is 6.18 Å². The lowest BCUT2D eigenvalue weighted by molar-refractivity contribution is -0.139. The Kier molecular flexibility index (Phi) is 13.4. The van der Waals surface area contributed by atoms with Crippen LogP contribution in [0.5, 0.6) is 0 Å². The highest BCUT2D eigenvalue weighted by Gasteiger charge is 2.47. The molecule has 0 aliphatic heterocycles. The standard InChI is InChI=1S/C38H47F4N9O4S/c1-6-21(3)30(33(53)43-17-18-56-36-48-49-50-51(36)5)46-35(55)37(16-15-28-25(20-37)24-12-10-13-26(32(24)44-28)38(40,41)42)47-34(54)31(22(4)7-2)45-29(52)19-23-11-8-9-14-27(23)39/h8-14,21-22,30-31,44H,6-7,15-20H2,1-5H3,(H,43,53)(H,45,52)(H,46,55)(H,47,54)/t21-,22?,30?,31-,37+/m0/s1. The van der Waals surface area contributed by atoms with Crippen LogP contribution in [0.3, 0.4) is 0 Å². The lowest BCUT2D eigenvalue weighted by atomic mass is 9.78. The van der Waals surface area contributed by atoms with Crippen molar-refractivity contribution >= 4 is 46.3 Å². The Labute approximate surface area is 325 Å². The molecule has 0 fully saturated rings. The largest absolute Gasteiger partial charge is 0.418 e. The van der Waals surface area contributed by atoms with E-state index in [1.807, 2.05) is 13.8 Å². The number of carbonyl (C=O) groups excluding carboxylic acids is 4. The number of carbonyl (C=O) groups is 4. The van der Waals surface area contributed by atoms with Crippen LogP contribution in [0.15, 0.2) is 47.6 Å². The molecule has 0 bridgehead atoms. The minimum atomic E-state index is -4.65. The molecule has 5 N–H and O–H groups in total. The first-order chi connectivity index (χ1) is 26.6. The van der Waals surface area contributed by atoms with Crippen LogP contribution in [-0.2, 0) is 51.7 Å². The molecule has 0 saturated carbocycles. The molecule has 0 radical (unpaired) electrons. The Morgan fingerprint density at radius 2 is 1.68 bits per heavy atom. The SMILES string of the molecule is CCC(C)[C@H](NC(=O)Cc1ccccc1F)C(=O)N[C@]1(C(=O)NC(C(=O)NCCSc2nnnn2C)[C@@H](C)CC)CCc2[nH]c3c(C(F)(F)F)cccc3c2C1. The summed E-state index contributed by atoms with van der Waals surface area (Å²) in [6.07, 6.45) is -4.16. The van der Waals surface area contributed by atoms with E-state index in [0.717, 1.165) is 6.07 Å². The number of fused-ring (bicyclic) bond motifs is 3. The number of tetrazole rings is 1. The number of para-hydroxylation sites is 1. The molecule has 0 spiro atoms. The summed E-state index contributed by atoms with van der Waals surface area (Å²) in [5.41, 5.74) is -1.67. The van der Waals surface area contributed by atoms with Gasteiger partial charge in [-0.3, -0.25) is 19.2 Å². The third-order valence-electron chi connectivity index (χ3n) is 10.5. The number of hydrogen-bond donors (Lipinski definition) is 5. The summed E-state index contributed by atoms with van der Waals surface area (Å²) >= 11 is 1.33. The van der Waals surface area contributed by atoms with Gasteiger partial charge in [0.2, 0.25) is 28.8 Å². The highest BCUT2D eigenvalue weighted by molar-refractivity contribution is 7.99. The number of amides is 4. The van der Waals surface area contributed by atoms with Gasteiger partial charge in [0.15, 0.2) is 0 Å². The molecule has 0 saturated heterocycles. The summed E-state index contributed by atoms with van der Waals surface area (Å²) in [5.74, 6) is -3.39. The normalized spacial score (nSPS) is 17.7. The second-order valence-electron chi connectivity index (χ2n) is 14.3. The first-order valence-electron chi connectivity index (χ1n) is 18.6. The van der Waals surface area contributed by atoms with Gasteiger partial charge in [0.05, 0.1) is 17.5 Å². The van der Waals surface area contributed by atoms with E-state index in [1.165, 1.54) is 46.8 Å². The number of halogens is 4. The second kappa shape index (κ2) is 17.9. The lowest BCUT2D eigenvalue weighted by Crippen LogP contribution is -2.67. The summed E-state index contributed by atoms with van der Waals surface area (Å²) in [7, 11) is 1.69. The van der Waals surface area contributed by atoms with Crippen LogP contribution in [0.1, 0.15) is 69.3 Å². The summed E-state index contributed by atoms with van der Waals surface area (Å²) in [4.78, 5) is 58.9. The van der Waals surface area contributed by atoms with E-state index in [2.05, 4.69) is 41.8 Å². The molecule has 4 aromatic rings. The van der Waals surface area contributed by atoms with Gasteiger partial charge in [-0.2, -0.15) is 13.2 Å². The number of aromatic amines is 1. The van der Waals surface area contributed by atoms with Crippen LogP contribution in [0.25, 0.3) is 10.9 Å². The molecule has 2 unspecified atom stereocenters. The number of alkyl halides is 3. The summed E-state index contributed by atoms with van der Waals surface area (Å²) in [5, 5.41) is 23.5. The highest BCUT2D eigenvalue weighted by atomic mass is 32.2. The van der Waals surface area contributed by atoms with Crippen LogP contribution in [0.4, 0.5) is 17.6 Å². The Morgan fingerprint density at radius 3 is 2.32 bits per heavy atom. The molecule has 56 heavy (non-hydrogen) atoms. The Balaban J connectivity index is 1.45. The van der Waals surface area contributed by atoms with Gasteiger partial charge < -0.3 is 26.3 Å². The maximum absolute atomic E-state index is 14.7. The van der Waals surface area contributed by atoms with Crippen molar-refractivity contribution in [3.05, 3.63) is 70.7 Å². The van der Waals surface area contributed by atoms with Crippen molar-refractivity contribution in [2.75, 3.05) is 12.3 Å². The van der Waals surface area contributed by atoms with Gasteiger partial charge in [-0.15, -0.1) is 5.10 Å². The molecule has 5 atom stereocenters. The number of aromatic nitrogens is 5. The van der Waals surface area contributed by atoms with Gasteiger partial charge in [-0.25, -0.2) is 9.07 Å². The fraction of sp³-hybridized carbons (Fsp3) is 0.500.